The molecule has 5 nitrogen and oxygen atoms in total. The van der Waals surface area contributed by atoms with Gasteiger partial charge in [-0.25, -0.2) is 4.79 Å². The van der Waals surface area contributed by atoms with E-state index in [0.717, 1.165) is 0 Å². The van der Waals surface area contributed by atoms with Crippen LogP contribution in [0.2, 0.25) is 39.3 Å². The average molecular weight is 381 g/mol. The molecule has 22 heavy (non-hydrogen) atoms. The van der Waals surface area contributed by atoms with Crippen LogP contribution >= 0.6 is 0 Å². The lowest BCUT2D eigenvalue weighted by Gasteiger charge is -2.37. The third-order valence-electron chi connectivity index (χ3n) is 2.52. The molecule has 0 rings (SSSR count). The van der Waals surface area contributed by atoms with E-state index in [1.54, 1.807) is 6.92 Å². The van der Waals surface area contributed by atoms with Crippen molar-refractivity contribution in [3.8, 4) is 0 Å². The largest absolute Gasteiger partial charge is 0.433 e. The van der Waals surface area contributed by atoms with Crippen LogP contribution in [0.5, 0.6) is 0 Å². The molecule has 0 aromatic carbocycles. The van der Waals surface area contributed by atoms with Gasteiger partial charge in [0, 0.05) is 5.57 Å². The van der Waals surface area contributed by atoms with Gasteiger partial charge in [-0.2, -0.15) is 0 Å². The number of hydrogen-bond donors (Lipinski definition) is 0. The van der Waals surface area contributed by atoms with Crippen LogP contribution in [0.15, 0.2) is 12.2 Å². The fourth-order valence-corrected chi connectivity index (χ4v) is 8.39. The fraction of sp³-hybridized carbons (Fsp3) is 0.769. The topological polar surface area (TPSA) is 54.0 Å². The summed E-state index contributed by atoms with van der Waals surface area (Å²) in [6.45, 7) is 17.8. The first-order valence-corrected chi connectivity index (χ1v) is 17.2. The molecule has 0 aromatic rings. The van der Waals surface area contributed by atoms with Crippen molar-refractivity contribution in [2.75, 3.05) is 0 Å². The van der Waals surface area contributed by atoms with E-state index in [2.05, 4.69) is 32.8 Å². The third kappa shape index (κ3) is 9.87. The second-order valence-corrected chi connectivity index (χ2v) is 15.0. The molecule has 0 aliphatic heterocycles. The van der Waals surface area contributed by atoms with Gasteiger partial charge in [-0.3, -0.25) is 0 Å². The molecule has 0 amide bonds. The normalized spacial score (nSPS) is 13.9. The predicted molar refractivity (Wildman–Crippen MR) is 102 cm³/mol. The molecule has 0 aliphatic rings. The molecule has 0 bridgehead atoms. The molecule has 0 aliphatic carbocycles. The minimum atomic E-state index is -1.36. The van der Waals surface area contributed by atoms with Crippen molar-refractivity contribution < 1.29 is 22.8 Å². The van der Waals surface area contributed by atoms with Gasteiger partial charge in [0.15, 0.2) is 33.4 Å². The molecule has 1 atom stereocenters. The summed E-state index contributed by atoms with van der Waals surface area (Å²) in [5, 5.41) is 0. The smallest absolute Gasteiger partial charge is 0.335 e. The molecule has 0 heterocycles. The summed E-state index contributed by atoms with van der Waals surface area (Å²) in [5.74, 6) is -0.424. The maximum atomic E-state index is 11.8. The highest BCUT2D eigenvalue weighted by molar-refractivity contribution is 6.51. The maximum absolute atomic E-state index is 11.8. The first-order chi connectivity index (χ1) is 9.95. The van der Waals surface area contributed by atoms with Gasteiger partial charge < -0.3 is 18.0 Å². The van der Waals surface area contributed by atoms with E-state index in [1.165, 1.54) is 0 Å². The second-order valence-electron chi connectivity index (χ2n) is 6.47. The van der Waals surface area contributed by atoms with E-state index in [-0.39, 0.29) is 0 Å². The van der Waals surface area contributed by atoms with Gasteiger partial charge >= 0.3 is 5.97 Å². The third-order valence-corrected chi connectivity index (χ3v) is 7.13. The standard InChI is InChI=1S/C13H32O5Si4/c1-10(2)12(14)15-11(16-20(3)4)9-13(19,17-21(5)6)18-22(7)8/h11,20-22H,1,9H2,2-8,19H3. The highest BCUT2D eigenvalue weighted by Crippen LogP contribution is 2.22. The summed E-state index contributed by atoms with van der Waals surface area (Å²) in [4.78, 5) is 11.8. The fourth-order valence-electron chi connectivity index (χ4n) is 2.07. The van der Waals surface area contributed by atoms with Crippen LogP contribution in [0.3, 0.4) is 0 Å². The number of ether oxygens (including phenoxy) is 1. The van der Waals surface area contributed by atoms with Crippen LogP contribution in [0.1, 0.15) is 13.3 Å². The molecular formula is C13H32O5Si4. The van der Waals surface area contributed by atoms with Crippen molar-refractivity contribution in [1.82, 2.24) is 0 Å². The predicted octanol–water partition coefficient (Wildman–Crippen LogP) is 0.841. The van der Waals surface area contributed by atoms with Gasteiger partial charge in [-0.15, -0.1) is 0 Å². The summed E-state index contributed by atoms with van der Waals surface area (Å²) < 4.78 is 23.6. The Morgan fingerprint density at radius 3 is 1.86 bits per heavy atom. The molecule has 0 saturated carbocycles. The van der Waals surface area contributed by atoms with Gasteiger partial charge in [-0.1, -0.05) is 6.58 Å². The van der Waals surface area contributed by atoms with Gasteiger partial charge in [0.2, 0.25) is 0 Å². The Bertz CT molecular complexity index is 363. The van der Waals surface area contributed by atoms with Crippen LogP contribution < -0.4 is 0 Å². The first kappa shape index (κ1) is 22.0. The van der Waals surface area contributed by atoms with E-state index in [4.69, 9.17) is 18.0 Å². The Balaban J connectivity index is 5.08. The van der Waals surface area contributed by atoms with Crippen molar-refractivity contribution in [3.05, 3.63) is 12.2 Å². The number of esters is 1. The molecule has 0 saturated heterocycles. The Labute approximate surface area is 143 Å². The number of carbonyl (C=O) groups is 1. The number of rotatable bonds is 10. The Hall–Kier alpha value is -0.0425. The molecule has 0 spiro atoms. The minimum Gasteiger partial charge on any atom is -0.433 e. The van der Waals surface area contributed by atoms with Crippen LogP contribution in [-0.4, -0.2) is 55.0 Å². The monoisotopic (exact) mass is 380 g/mol. The summed E-state index contributed by atoms with van der Waals surface area (Å²) in [7, 11) is -3.20. The van der Waals surface area contributed by atoms with Crippen molar-refractivity contribution >= 4 is 43.3 Å². The molecule has 1 unspecified atom stereocenters. The molecule has 0 aromatic heterocycles. The molecule has 0 radical (unpaired) electrons. The summed E-state index contributed by atoms with van der Waals surface area (Å²) >= 11 is 0. The maximum Gasteiger partial charge on any atom is 0.335 e. The van der Waals surface area contributed by atoms with Crippen molar-refractivity contribution in [1.29, 1.82) is 0 Å². The number of hydrogen-bond acceptors (Lipinski definition) is 5. The SMILES string of the molecule is C=C(C)C(=O)OC(CC([SiH3])(O[SiH](C)C)O[SiH](C)C)O[SiH](C)C. The molecule has 0 fully saturated rings. The minimum absolute atomic E-state index is 0.372. The lowest BCUT2D eigenvalue weighted by atomic mass is 10.3. The molecule has 130 valence electrons. The van der Waals surface area contributed by atoms with Crippen LogP contribution in [-0.2, 0) is 22.8 Å². The van der Waals surface area contributed by atoms with Crippen molar-refractivity contribution in [2.24, 2.45) is 0 Å². The summed E-state index contributed by atoms with van der Waals surface area (Å²) in [6.07, 6.45) is -0.173. The molecular weight excluding hydrogens is 348 g/mol. The van der Waals surface area contributed by atoms with E-state index in [9.17, 15) is 4.79 Å². The zero-order chi connectivity index (χ0) is 17.5. The van der Waals surface area contributed by atoms with Crippen molar-refractivity contribution in [3.63, 3.8) is 0 Å². The van der Waals surface area contributed by atoms with Crippen molar-refractivity contribution in [2.45, 2.75) is 64.3 Å². The summed E-state index contributed by atoms with van der Waals surface area (Å²) in [6, 6.07) is 0. The van der Waals surface area contributed by atoms with E-state index < -0.39 is 44.8 Å². The lowest BCUT2D eigenvalue weighted by molar-refractivity contribution is -0.173. The zero-order valence-corrected chi connectivity index (χ0v) is 20.7. The average Bonchev–Trinajstić information content (AvgIpc) is 2.23. The highest BCUT2D eigenvalue weighted by atomic mass is 28.3. The van der Waals surface area contributed by atoms with Gasteiger partial charge in [0.25, 0.3) is 0 Å². The first-order valence-electron chi connectivity index (χ1n) is 7.82. The van der Waals surface area contributed by atoms with Crippen LogP contribution in [0, 0.1) is 0 Å². The molecule has 9 heteroatoms. The van der Waals surface area contributed by atoms with Gasteiger partial charge in [0.1, 0.15) is 5.41 Å². The second kappa shape index (κ2) is 9.95. The summed E-state index contributed by atoms with van der Waals surface area (Å²) in [5.41, 5.74) is -0.249. The Morgan fingerprint density at radius 2 is 1.55 bits per heavy atom. The lowest BCUT2D eigenvalue weighted by Crippen LogP contribution is -2.47. The zero-order valence-electron chi connectivity index (χ0n) is 15.3. The quantitative estimate of drug-likeness (QED) is 0.243. The van der Waals surface area contributed by atoms with E-state index >= 15 is 0 Å². The van der Waals surface area contributed by atoms with Crippen LogP contribution in [0.25, 0.3) is 0 Å². The van der Waals surface area contributed by atoms with E-state index in [1.807, 2.05) is 13.1 Å². The highest BCUT2D eigenvalue weighted by Gasteiger charge is 2.34. The number of carbonyl (C=O) groups excluding carboxylic acids is 1. The van der Waals surface area contributed by atoms with Gasteiger partial charge in [0.05, 0.1) is 16.7 Å². The van der Waals surface area contributed by atoms with Crippen LogP contribution in [0.4, 0.5) is 0 Å². The molecule has 0 N–H and O–H groups in total. The van der Waals surface area contributed by atoms with Gasteiger partial charge in [-0.05, 0) is 46.2 Å². The van der Waals surface area contributed by atoms with E-state index in [0.29, 0.717) is 22.2 Å². The Kier molecular flexibility index (Phi) is 9.94. The Morgan fingerprint density at radius 1 is 1.09 bits per heavy atom.